The number of methoxy groups -OCH3 is 1. The molecular formula is C27H38O9. The van der Waals surface area contributed by atoms with Crippen LogP contribution < -0.4 is 9.47 Å². The summed E-state index contributed by atoms with van der Waals surface area (Å²) >= 11 is 0. The topological polar surface area (TPSA) is 90.9 Å². The second-order valence-corrected chi connectivity index (χ2v) is 9.51. The molecular weight excluding hydrogens is 468 g/mol. The highest BCUT2D eigenvalue weighted by atomic mass is 16.7. The molecule has 0 radical (unpaired) electrons. The van der Waals surface area contributed by atoms with Gasteiger partial charge in [0.2, 0.25) is 0 Å². The van der Waals surface area contributed by atoms with Gasteiger partial charge in [-0.1, -0.05) is 0 Å². The molecule has 1 unspecified atom stereocenters. The Labute approximate surface area is 212 Å². The van der Waals surface area contributed by atoms with Gasteiger partial charge in [-0.2, -0.15) is 0 Å². The molecule has 0 bridgehead atoms. The maximum Gasteiger partial charge on any atom is 0.303 e. The smallest absolute Gasteiger partial charge is 0.303 e. The van der Waals surface area contributed by atoms with Crippen LogP contribution >= 0.6 is 0 Å². The van der Waals surface area contributed by atoms with Crippen molar-refractivity contribution in [3.8, 4) is 11.5 Å². The van der Waals surface area contributed by atoms with Crippen molar-refractivity contribution < 1.29 is 42.7 Å². The van der Waals surface area contributed by atoms with E-state index in [-0.39, 0.29) is 49.1 Å². The van der Waals surface area contributed by atoms with Gasteiger partial charge in [-0.3, -0.25) is 4.79 Å². The Morgan fingerprint density at radius 3 is 2.00 bits per heavy atom. The van der Waals surface area contributed by atoms with Gasteiger partial charge in [0.15, 0.2) is 18.9 Å². The quantitative estimate of drug-likeness (QED) is 0.381. The van der Waals surface area contributed by atoms with Gasteiger partial charge < -0.3 is 37.9 Å². The van der Waals surface area contributed by atoms with Crippen LogP contribution in [0.15, 0.2) is 36.4 Å². The summed E-state index contributed by atoms with van der Waals surface area (Å²) in [5.41, 5.74) is 0. The Morgan fingerprint density at radius 2 is 1.39 bits per heavy atom. The highest BCUT2D eigenvalue weighted by Gasteiger charge is 2.37. The van der Waals surface area contributed by atoms with Crippen molar-refractivity contribution in [2.45, 2.75) is 109 Å². The fourth-order valence-corrected chi connectivity index (χ4v) is 4.67. The molecule has 1 aromatic carbocycles. The Bertz CT molecular complexity index is 873. The Hall–Kier alpha value is -2.17. The van der Waals surface area contributed by atoms with E-state index in [9.17, 15) is 4.79 Å². The maximum absolute atomic E-state index is 11.2. The predicted molar refractivity (Wildman–Crippen MR) is 130 cm³/mol. The van der Waals surface area contributed by atoms with Gasteiger partial charge in [-0.25, -0.2) is 0 Å². The van der Waals surface area contributed by atoms with E-state index in [2.05, 4.69) is 0 Å². The van der Waals surface area contributed by atoms with Crippen LogP contribution in [0.3, 0.4) is 0 Å². The molecule has 36 heavy (non-hydrogen) atoms. The van der Waals surface area contributed by atoms with Crippen molar-refractivity contribution in [1.82, 2.24) is 0 Å². The molecule has 2 saturated heterocycles. The number of hydrogen-bond acceptors (Lipinski definition) is 9. The molecule has 9 atom stereocenters. The molecule has 200 valence electrons. The number of carbonyl (C=O) groups excluding carboxylic acids is 1. The fraction of sp³-hybridized carbons (Fsp3) is 0.667. The number of benzene rings is 1. The van der Waals surface area contributed by atoms with Gasteiger partial charge >= 0.3 is 5.97 Å². The van der Waals surface area contributed by atoms with Crippen molar-refractivity contribution in [1.29, 1.82) is 0 Å². The standard InChI is InChI=1S/C27H38O9/c1-16-22(33-19(4)28)10-14-26(31-16)36-24-12-15-27(32-18(24)3)35-23-11-13-25(30-17(23)2)34-21-8-6-20(29-5)7-9-21/h6-10,14,16-18,22-27H,11-13,15H2,1-5H3/t16-,17-,18-,22?,23-,24-,25-,26-,27-/m0/s1. The molecule has 1 aromatic rings. The zero-order chi connectivity index (χ0) is 25.7. The molecule has 2 fully saturated rings. The Balaban J connectivity index is 1.19. The first-order valence-corrected chi connectivity index (χ1v) is 12.7. The zero-order valence-corrected chi connectivity index (χ0v) is 21.7. The van der Waals surface area contributed by atoms with Crippen LogP contribution in [-0.4, -0.2) is 68.6 Å². The van der Waals surface area contributed by atoms with Crippen molar-refractivity contribution in [3.63, 3.8) is 0 Å². The Kier molecular flexibility index (Phi) is 9.25. The molecule has 0 amide bonds. The van der Waals surface area contributed by atoms with Gasteiger partial charge in [0.05, 0.1) is 37.6 Å². The van der Waals surface area contributed by atoms with E-state index >= 15 is 0 Å². The van der Waals surface area contributed by atoms with Gasteiger partial charge in [0.25, 0.3) is 0 Å². The van der Waals surface area contributed by atoms with E-state index in [1.165, 1.54) is 6.92 Å². The third-order valence-corrected chi connectivity index (χ3v) is 6.69. The second kappa shape index (κ2) is 12.4. The molecule has 9 nitrogen and oxygen atoms in total. The summed E-state index contributed by atoms with van der Waals surface area (Å²) in [7, 11) is 1.64. The van der Waals surface area contributed by atoms with Crippen LogP contribution in [0.25, 0.3) is 0 Å². The number of rotatable bonds is 8. The van der Waals surface area contributed by atoms with Crippen LogP contribution in [0.1, 0.15) is 53.4 Å². The van der Waals surface area contributed by atoms with Gasteiger partial charge in [-0.15, -0.1) is 0 Å². The molecule has 0 spiro atoms. The SMILES string of the molecule is COc1ccc(O[C@H]2CC[C@H](O[C@H]3CC[C@H](O[C@H]4C=CC(OC(C)=O)[C@H](C)O4)[C@H](C)O3)[C@H](C)O2)cc1. The molecule has 3 heterocycles. The van der Waals surface area contributed by atoms with E-state index in [4.69, 9.17) is 37.9 Å². The van der Waals surface area contributed by atoms with Crippen molar-refractivity contribution in [2.24, 2.45) is 0 Å². The first kappa shape index (κ1) is 26.9. The van der Waals surface area contributed by atoms with E-state index < -0.39 is 12.4 Å². The largest absolute Gasteiger partial charge is 0.497 e. The van der Waals surface area contributed by atoms with Crippen LogP contribution in [0.5, 0.6) is 11.5 Å². The summed E-state index contributed by atoms with van der Waals surface area (Å²) in [4.78, 5) is 11.2. The molecule has 0 saturated carbocycles. The minimum Gasteiger partial charge on any atom is -0.497 e. The Morgan fingerprint density at radius 1 is 0.778 bits per heavy atom. The van der Waals surface area contributed by atoms with Crippen molar-refractivity contribution in [2.75, 3.05) is 7.11 Å². The van der Waals surface area contributed by atoms with E-state index in [1.807, 2.05) is 51.1 Å². The number of hydrogen-bond donors (Lipinski definition) is 0. The summed E-state index contributed by atoms with van der Waals surface area (Å²) in [6, 6.07) is 7.47. The lowest BCUT2D eigenvalue weighted by atomic mass is 10.0. The summed E-state index contributed by atoms with van der Waals surface area (Å²) < 4.78 is 46.9. The molecule has 4 rings (SSSR count). The average Bonchev–Trinajstić information content (AvgIpc) is 2.84. The van der Waals surface area contributed by atoms with Crippen molar-refractivity contribution >= 4 is 5.97 Å². The van der Waals surface area contributed by atoms with Gasteiger partial charge in [0.1, 0.15) is 17.6 Å². The normalized spacial score (nSPS) is 36.8. The predicted octanol–water partition coefficient (Wildman–Crippen LogP) is 4.13. The molecule has 3 aliphatic rings. The van der Waals surface area contributed by atoms with Crippen LogP contribution in [0, 0.1) is 0 Å². The molecule has 0 aromatic heterocycles. The number of ether oxygens (including phenoxy) is 8. The zero-order valence-electron chi connectivity index (χ0n) is 21.7. The number of esters is 1. The summed E-state index contributed by atoms with van der Waals surface area (Å²) in [5.74, 6) is 1.20. The minimum absolute atomic E-state index is 0.0703. The lowest BCUT2D eigenvalue weighted by molar-refractivity contribution is -0.288. The molecule has 0 aliphatic carbocycles. The minimum atomic E-state index is -0.505. The summed E-state index contributed by atoms with van der Waals surface area (Å²) in [6.45, 7) is 7.23. The summed E-state index contributed by atoms with van der Waals surface area (Å²) in [5, 5.41) is 0. The summed E-state index contributed by atoms with van der Waals surface area (Å²) in [6.07, 6.45) is 4.35. The first-order chi connectivity index (χ1) is 17.3. The average molecular weight is 507 g/mol. The van der Waals surface area contributed by atoms with Crippen LogP contribution in [0.2, 0.25) is 0 Å². The first-order valence-electron chi connectivity index (χ1n) is 12.7. The lowest BCUT2D eigenvalue weighted by Crippen LogP contribution is -2.47. The van der Waals surface area contributed by atoms with Gasteiger partial charge in [0, 0.05) is 19.8 Å². The molecule has 9 heteroatoms. The van der Waals surface area contributed by atoms with Crippen molar-refractivity contribution in [3.05, 3.63) is 36.4 Å². The maximum atomic E-state index is 11.2. The lowest BCUT2D eigenvalue weighted by Gasteiger charge is -2.40. The number of carbonyl (C=O) groups is 1. The highest BCUT2D eigenvalue weighted by molar-refractivity contribution is 5.66. The highest BCUT2D eigenvalue weighted by Crippen LogP contribution is 2.31. The van der Waals surface area contributed by atoms with Crippen LogP contribution in [-0.2, 0) is 33.2 Å². The van der Waals surface area contributed by atoms with E-state index in [0.717, 1.165) is 30.8 Å². The third-order valence-electron chi connectivity index (χ3n) is 6.69. The van der Waals surface area contributed by atoms with Crippen LogP contribution in [0.4, 0.5) is 0 Å². The van der Waals surface area contributed by atoms with Gasteiger partial charge in [-0.05, 0) is 70.0 Å². The fourth-order valence-electron chi connectivity index (χ4n) is 4.67. The molecule has 0 N–H and O–H groups in total. The third kappa shape index (κ3) is 7.20. The monoisotopic (exact) mass is 506 g/mol. The van der Waals surface area contributed by atoms with E-state index in [1.54, 1.807) is 13.2 Å². The molecule has 3 aliphatic heterocycles. The second-order valence-electron chi connectivity index (χ2n) is 9.51. The van der Waals surface area contributed by atoms with E-state index in [0.29, 0.717) is 6.42 Å².